The summed E-state index contributed by atoms with van der Waals surface area (Å²) in [6.07, 6.45) is 2.57. The van der Waals surface area contributed by atoms with Crippen molar-refractivity contribution in [2.45, 2.75) is 6.92 Å². The number of carbonyl (C=O) groups is 2. The van der Waals surface area contributed by atoms with Gasteiger partial charge in [0.1, 0.15) is 17.2 Å². The Morgan fingerprint density at radius 1 is 0.909 bits per heavy atom. The lowest BCUT2D eigenvalue weighted by molar-refractivity contribution is 0.101. The van der Waals surface area contributed by atoms with Gasteiger partial charge in [-0.3, -0.25) is 9.59 Å². The molecule has 0 aromatic heterocycles. The number of hydrogen-bond acceptors (Lipinski definition) is 5. The van der Waals surface area contributed by atoms with Crippen molar-refractivity contribution >= 4 is 17.6 Å². The van der Waals surface area contributed by atoms with Crippen molar-refractivity contribution in [3.8, 4) is 17.2 Å². The van der Waals surface area contributed by atoms with Gasteiger partial charge in [0.15, 0.2) is 11.6 Å². The van der Waals surface area contributed by atoms with Gasteiger partial charge in [-0.2, -0.15) is 0 Å². The summed E-state index contributed by atoms with van der Waals surface area (Å²) in [5, 5.41) is 28.9. The quantitative estimate of drug-likeness (QED) is 0.596. The second kappa shape index (κ2) is 6.13. The fraction of sp³-hybridized carbons (Fsp3) is 0.0588. The second-order valence-electron chi connectivity index (χ2n) is 4.70. The molecule has 22 heavy (non-hydrogen) atoms. The minimum atomic E-state index is -0.553. The van der Waals surface area contributed by atoms with E-state index in [4.69, 9.17) is 0 Å². The zero-order valence-corrected chi connectivity index (χ0v) is 11.8. The molecule has 3 N–H and O–H groups in total. The van der Waals surface area contributed by atoms with E-state index >= 15 is 0 Å². The van der Waals surface area contributed by atoms with Crippen molar-refractivity contribution in [1.82, 2.24) is 0 Å². The van der Waals surface area contributed by atoms with Crippen LogP contribution in [0.2, 0.25) is 0 Å². The van der Waals surface area contributed by atoms with Gasteiger partial charge < -0.3 is 15.3 Å². The van der Waals surface area contributed by atoms with Gasteiger partial charge in [-0.1, -0.05) is 18.2 Å². The number of allylic oxidation sites excluding steroid dienone is 1. The molecule has 112 valence electrons. The van der Waals surface area contributed by atoms with Crippen LogP contribution in [0.25, 0.3) is 6.08 Å². The molecule has 0 fully saturated rings. The van der Waals surface area contributed by atoms with Crippen LogP contribution in [-0.4, -0.2) is 26.9 Å². The van der Waals surface area contributed by atoms with Gasteiger partial charge in [0.2, 0.25) is 0 Å². The zero-order chi connectivity index (χ0) is 16.3. The number of ketones is 2. The number of carbonyl (C=O) groups excluding carboxylic acids is 2. The van der Waals surface area contributed by atoms with Crippen LogP contribution in [0.5, 0.6) is 17.2 Å². The van der Waals surface area contributed by atoms with Crippen LogP contribution < -0.4 is 0 Å². The molecule has 0 saturated carbocycles. The third-order valence-electron chi connectivity index (χ3n) is 3.11. The van der Waals surface area contributed by atoms with Crippen LogP contribution >= 0.6 is 0 Å². The maximum absolute atomic E-state index is 12.1. The van der Waals surface area contributed by atoms with Crippen molar-refractivity contribution in [3.05, 3.63) is 59.2 Å². The lowest BCUT2D eigenvalue weighted by Crippen LogP contribution is -2.00. The Morgan fingerprint density at radius 2 is 1.55 bits per heavy atom. The van der Waals surface area contributed by atoms with E-state index < -0.39 is 17.3 Å². The van der Waals surface area contributed by atoms with Crippen molar-refractivity contribution in [1.29, 1.82) is 0 Å². The number of benzene rings is 2. The van der Waals surface area contributed by atoms with E-state index in [-0.39, 0.29) is 22.6 Å². The summed E-state index contributed by atoms with van der Waals surface area (Å²) in [6.45, 7) is 1.25. The number of rotatable bonds is 4. The summed E-state index contributed by atoms with van der Waals surface area (Å²) in [5.74, 6) is -1.76. The van der Waals surface area contributed by atoms with E-state index in [2.05, 4.69) is 0 Å². The summed E-state index contributed by atoms with van der Waals surface area (Å²) in [7, 11) is 0. The highest BCUT2D eigenvalue weighted by Crippen LogP contribution is 2.28. The Labute approximate surface area is 126 Å². The van der Waals surface area contributed by atoms with Gasteiger partial charge in [-0.15, -0.1) is 0 Å². The molecular weight excluding hydrogens is 284 g/mol. The maximum Gasteiger partial charge on any atom is 0.189 e. The van der Waals surface area contributed by atoms with Crippen LogP contribution in [0.4, 0.5) is 0 Å². The van der Waals surface area contributed by atoms with Gasteiger partial charge in [-0.05, 0) is 31.2 Å². The molecular formula is C17H14O5. The first kappa shape index (κ1) is 15.3. The van der Waals surface area contributed by atoms with E-state index in [0.717, 1.165) is 12.1 Å². The summed E-state index contributed by atoms with van der Waals surface area (Å²) in [5.41, 5.74) is 0.299. The molecule has 0 unspecified atom stereocenters. The lowest BCUT2D eigenvalue weighted by Gasteiger charge is -2.06. The largest absolute Gasteiger partial charge is 0.507 e. The number of Topliss-reactive ketones (excluding diaryl/α,β-unsaturated/α-hetero) is 1. The van der Waals surface area contributed by atoms with Gasteiger partial charge in [0.05, 0.1) is 11.1 Å². The SMILES string of the molecule is CC(=O)c1cc(C(=O)/C=C/c2ccccc2O)c(O)cc1O. The Hall–Kier alpha value is -3.08. The Morgan fingerprint density at radius 3 is 2.18 bits per heavy atom. The highest BCUT2D eigenvalue weighted by Gasteiger charge is 2.15. The van der Waals surface area contributed by atoms with Gasteiger partial charge in [-0.25, -0.2) is 0 Å². The predicted octanol–water partition coefficient (Wildman–Crippen LogP) is 2.90. The average molecular weight is 298 g/mol. The molecule has 0 spiro atoms. The van der Waals surface area contributed by atoms with Crippen LogP contribution in [0, 0.1) is 0 Å². The molecule has 0 bridgehead atoms. The molecule has 2 aromatic rings. The van der Waals surface area contributed by atoms with Crippen molar-refractivity contribution in [2.24, 2.45) is 0 Å². The predicted molar refractivity (Wildman–Crippen MR) is 81.2 cm³/mol. The molecule has 0 atom stereocenters. The molecule has 5 heteroatoms. The number of para-hydroxylation sites is 1. The Bertz CT molecular complexity index is 775. The van der Waals surface area contributed by atoms with E-state index in [1.54, 1.807) is 18.2 Å². The Kier molecular flexibility index (Phi) is 4.27. The molecule has 0 heterocycles. The molecule has 2 aromatic carbocycles. The fourth-order valence-corrected chi connectivity index (χ4v) is 1.94. The van der Waals surface area contributed by atoms with Crippen molar-refractivity contribution < 1.29 is 24.9 Å². The van der Waals surface area contributed by atoms with Crippen LogP contribution in [0.3, 0.4) is 0 Å². The molecule has 0 amide bonds. The third kappa shape index (κ3) is 3.15. The van der Waals surface area contributed by atoms with Crippen molar-refractivity contribution in [3.63, 3.8) is 0 Å². The van der Waals surface area contributed by atoms with Crippen molar-refractivity contribution in [2.75, 3.05) is 0 Å². The van der Waals surface area contributed by atoms with E-state index in [1.165, 1.54) is 25.1 Å². The molecule has 2 rings (SSSR count). The average Bonchev–Trinajstić information content (AvgIpc) is 2.45. The van der Waals surface area contributed by atoms with Gasteiger partial charge in [0, 0.05) is 11.6 Å². The molecule has 0 aliphatic carbocycles. The minimum Gasteiger partial charge on any atom is -0.507 e. The molecule has 5 nitrogen and oxygen atoms in total. The zero-order valence-electron chi connectivity index (χ0n) is 11.8. The first-order valence-electron chi connectivity index (χ1n) is 6.47. The fourth-order valence-electron chi connectivity index (χ4n) is 1.94. The van der Waals surface area contributed by atoms with E-state index in [0.29, 0.717) is 5.56 Å². The normalized spacial score (nSPS) is 10.8. The van der Waals surface area contributed by atoms with E-state index in [1.807, 2.05) is 0 Å². The number of phenols is 3. The Balaban J connectivity index is 2.36. The molecule has 0 aliphatic rings. The second-order valence-corrected chi connectivity index (χ2v) is 4.70. The number of hydrogen-bond donors (Lipinski definition) is 3. The molecule has 0 aliphatic heterocycles. The smallest absolute Gasteiger partial charge is 0.189 e. The van der Waals surface area contributed by atoms with Crippen LogP contribution in [0.15, 0.2) is 42.5 Å². The maximum atomic E-state index is 12.1. The standard InChI is InChI=1S/C17H14O5/c1-10(18)12-8-13(17(22)9-16(12)21)15(20)7-6-11-4-2-3-5-14(11)19/h2-9,19,21-22H,1H3/b7-6+. The van der Waals surface area contributed by atoms with Gasteiger partial charge >= 0.3 is 0 Å². The number of phenolic OH excluding ortho intramolecular Hbond substituents is 3. The summed E-state index contributed by atoms with van der Waals surface area (Å²) >= 11 is 0. The molecule has 0 saturated heterocycles. The van der Waals surface area contributed by atoms with Crippen LogP contribution in [0.1, 0.15) is 33.2 Å². The topological polar surface area (TPSA) is 94.8 Å². The number of aromatic hydroxyl groups is 3. The lowest BCUT2D eigenvalue weighted by atomic mass is 10.0. The van der Waals surface area contributed by atoms with Gasteiger partial charge in [0.25, 0.3) is 0 Å². The van der Waals surface area contributed by atoms with E-state index in [9.17, 15) is 24.9 Å². The summed E-state index contributed by atoms with van der Waals surface area (Å²) in [4.78, 5) is 23.5. The highest BCUT2D eigenvalue weighted by molar-refractivity contribution is 6.10. The highest BCUT2D eigenvalue weighted by atomic mass is 16.3. The summed E-state index contributed by atoms with van der Waals surface area (Å²) < 4.78 is 0. The van der Waals surface area contributed by atoms with Crippen LogP contribution in [-0.2, 0) is 0 Å². The monoisotopic (exact) mass is 298 g/mol. The first-order valence-corrected chi connectivity index (χ1v) is 6.47. The summed E-state index contributed by atoms with van der Waals surface area (Å²) in [6, 6.07) is 8.56. The first-order chi connectivity index (χ1) is 10.4. The molecule has 0 radical (unpaired) electrons. The third-order valence-corrected chi connectivity index (χ3v) is 3.11. The minimum absolute atomic E-state index is 0.0194.